The van der Waals surface area contributed by atoms with Crippen molar-refractivity contribution >= 4 is 17.3 Å². The van der Waals surface area contributed by atoms with Gasteiger partial charge in [-0.1, -0.05) is 37.5 Å². The minimum Gasteiger partial charge on any atom is -0.484 e. The Hall–Kier alpha value is -2.49. The lowest BCUT2D eigenvalue weighted by Gasteiger charge is -2.22. The fourth-order valence-corrected chi connectivity index (χ4v) is 4.37. The average molecular weight is 379 g/mol. The van der Waals surface area contributed by atoms with Crippen molar-refractivity contribution in [1.82, 2.24) is 0 Å². The fraction of sp³-hybridized carbons (Fsp3) is 0.458. The number of anilines is 2. The van der Waals surface area contributed by atoms with Crippen LogP contribution in [0.2, 0.25) is 0 Å². The van der Waals surface area contributed by atoms with Gasteiger partial charge in [0.25, 0.3) is 5.91 Å². The van der Waals surface area contributed by atoms with Crippen molar-refractivity contribution in [2.45, 2.75) is 50.9 Å². The third kappa shape index (κ3) is 4.86. The summed E-state index contributed by atoms with van der Waals surface area (Å²) in [4.78, 5) is 14.6. The smallest absolute Gasteiger partial charge is 0.262 e. The van der Waals surface area contributed by atoms with Gasteiger partial charge in [-0.05, 0) is 67.5 Å². The molecule has 28 heavy (non-hydrogen) atoms. The van der Waals surface area contributed by atoms with Crippen molar-refractivity contribution in [3.63, 3.8) is 0 Å². The number of nitrogens with zero attached hydrogens (tertiary/aromatic N) is 1. The maximum absolute atomic E-state index is 12.3. The number of amides is 1. The molecule has 0 spiro atoms. The SMILES string of the molecule is O=C(COc1ccc(C2CCCCC2)cc1)Nc1cccc(N2CCCC2)c1. The summed E-state index contributed by atoms with van der Waals surface area (Å²) in [7, 11) is 0. The van der Waals surface area contributed by atoms with Crippen LogP contribution in [0.4, 0.5) is 11.4 Å². The molecule has 0 atom stereocenters. The van der Waals surface area contributed by atoms with Gasteiger partial charge in [0.2, 0.25) is 0 Å². The zero-order chi connectivity index (χ0) is 19.2. The van der Waals surface area contributed by atoms with Crippen molar-refractivity contribution in [1.29, 1.82) is 0 Å². The van der Waals surface area contributed by atoms with Gasteiger partial charge in [-0.2, -0.15) is 0 Å². The lowest BCUT2D eigenvalue weighted by molar-refractivity contribution is -0.118. The Morgan fingerprint density at radius 2 is 1.71 bits per heavy atom. The molecule has 4 rings (SSSR count). The summed E-state index contributed by atoms with van der Waals surface area (Å²) >= 11 is 0. The molecule has 4 nitrogen and oxygen atoms in total. The molecular formula is C24H30N2O2. The molecule has 1 saturated carbocycles. The Morgan fingerprint density at radius 3 is 2.46 bits per heavy atom. The van der Waals surface area contributed by atoms with Crippen molar-refractivity contribution < 1.29 is 9.53 Å². The van der Waals surface area contributed by atoms with E-state index >= 15 is 0 Å². The number of rotatable bonds is 6. The minimum atomic E-state index is -0.130. The summed E-state index contributed by atoms with van der Waals surface area (Å²) in [5.74, 6) is 1.31. The average Bonchev–Trinajstić information content (AvgIpc) is 3.29. The van der Waals surface area contributed by atoms with E-state index in [1.54, 1.807) is 0 Å². The van der Waals surface area contributed by atoms with E-state index in [0.29, 0.717) is 5.92 Å². The van der Waals surface area contributed by atoms with E-state index in [0.717, 1.165) is 24.5 Å². The van der Waals surface area contributed by atoms with Crippen LogP contribution in [0.15, 0.2) is 48.5 Å². The first kappa shape index (κ1) is 18.9. The molecular weight excluding hydrogens is 348 g/mol. The van der Waals surface area contributed by atoms with Gasteiger partial charge in [0.15, 0.2) is 6.61 Å². The van der Waals surface area contributed by atoms with Gasteiger partial charge in [0, 0.05) is 24.5 Å². The van der Waals surface area contributed by atoms with Gasteiger partial charge in [0.1, 0.15) is 5.75 Å². The second-order valence-electron chi connectivity index (χ2n) is 7.99. The molecule has 2 fully saturated rings. The number of hydrogen-bond donors (Lipinski definition) is 1. The predicted octanol–water partition coefficient (Wildman–Crippen LogP) is 5.35. The number of carbonyl (C=O) groups is 1. The maximum atomic E-state index is 12.3. The van der Waals surface area contributed by atoms with E-state index in [1.165, 1.54) is 56.2 Å². The molecule has 1 aliphatic heterocycles. The first-order valence-electron chi connectivity index (χ1n) is 10.7. The summed E-state index contributed by atoms with van der Waals surface area (Å²) in [5, 5.41) is 2.95. The van der Waals surface area contributed by atoms with Crippen LogP contribution in [-0.4, -0.2) is 25.6 Å². The van der Waals surface area contributed by atoms with E-state index < -0.39 is 0 Å². The lowest BCUT2D eigenvalue weighted by Crippen LogP contribution is -2.21. The van der Waals surface area contributed by atoms with Gasteiger partial charge in [0.05, 0.1) is 0 Å². The van der Waals surface area contributed by atoms with Crippen LogP contribution in [0.1, 0.15) is 56.4 Å². The molecule has 148 valence electrons. The summed E-state index contributed by atoms with van der Waals surface area (Å²) in [6.07, 6.45) is 9.10. The summed E-state index contributed by atoms with van der Waals surface area (Å²) < 4.78 is 5.69. The van der Waals surface area contributed by atoms with Crippen LogP contribution >= 0.6 is 0 Å². The Balaban J connectivity index is 1.28. The van der Waals surface area contributed by atoms with Crippen molar-refractivity contribution in [3.8, 4) is 5.75 Å². The van der Waals surface area contributed by atoms with E-state index in [-0.39, 0.29) is 12.5 Å². The van der Waals surface area contributed by atoms with Gasteiger partial charge < -0.3 is 15.0 Å². The van der Waals surface area contributed by atoms with Crippen molar-refractivity contribution in [2.24, 2.45) is 0 Å². The maximum Gasteiger partial charge on any atom is 0.262 e. The number of benzene rings is 2. The van der Waals surface area contributed by atoms with E-state index in [1.807, 2.05) is 30.3 Å². The largest absolute Gasteiger partial charge is 0.484 e. The highest BCUT2D eigenvalue weighted by Crippen LogP contribution is 2.33. The van der Waals surface area contributed by atoms with Crippen LogP contribution < -0.4 is 15.0 Å². The lowest BCUT2D eigenvalue weighted by atomic mass is 9.84. The van der Waals surface area contributed by atoms with Gasteiger partial charge in [-0.25, -0.2) is 0 Å². The van der Waals surface area contributed by atoms with Crippen LogP contribution in [0.25, 0.3) is 0 Å². The summed E-state index contributed by atoms with van der Waals surface area (Å²) in [6.45, 7) is 2.21. The van der Waals surface area contributed by atoms with Crippen molar-refractivity contribution in [2.75, 3.05) is 29.9 Å². The van der Waals surface area contributed by atoms with E-state index in [2.05, 4.69) is 28.4 Å². The van der Waals surface area contributed by atoms with Gasteiger partial charge in [-0.3, -0.25) is 4.79 Å². The predicted molar refractivity (Wildman–Crippen MR) is 114 cm³/mol. The third-order valence-electron chi connectivity index (χ3n) is 5.93. The molecule has 4 heteroatoms. The summed E-state index contributed by atoms with van der Waals surface area (Å²) in [5.41, 5.74) is 3.40. The molecule has 0 unspecified atom stereocenters. The number of ether oxygens (including phenoxy) is 1. The molecule has 0 aromatic heterocycles. The molecule has 1 saturated heterocycles. The van der Waals surface area contributed by atoms with E-state index in [9.17, 15) is 4.79 Å². The molecule has 0 bridgehead atoms. The third-order valence-corrected chi connectivity index (χ3v) is 5.93. The highest BCUT2D eigenvalue weighted by Gasteiger charge is 2.16. The molecule has 1 N–H and O–H groups in total. The molecule has 1 amide bonds. The van der Waals surface area contributed by atoms with Gasteiger partial charge >= 0.3 is 0 Å². The first-order valence-corrected chi connectivity index (χ1v) is 10.7. The van der Waals surface area contributed by atoms with Crippen LogP contribution in [0.5, 0.6) is 5.75 Å². The fourth-order valence-electron chi connectivity index (χ4n) is 4.37. The molecule has 2 aliphatic rings. The normalized spacial score (nSPS) is 17.5. The van der Waals surface area contributed by atoms with Crippen molar-refractivity contribution in [3.05, 3.63) is 54.1 Å². The van der Waals surface area contributed by atoms with Gasteiger partial charge in [-0.15, -0.1) is 0 Å². The van der Waals surface area contributed by atoms with Crippen LogP contribution in [0, 0.1) is 0 Å². The molecule has 1 heterocycles. The zero-order valence-electron chi connectivity index (χ0n) is 16.5. The van der Waals surface area contributed by atoms with E-state index in [4.69, 9.17) is 4.74 Å². The van der Waals surface area contributed by atoms with Crippen LogP contribution in [-0.2, 0) is 4.79 Å². The Kier molecular flexibility index (Phi) is 6.15. The Labute approximate surface area is 167 Å². The standard InChI is InChI=1S/C24H30N2O2/c27-24(25-21-9-6-10-22(17-21)26-15-4-5-16-26)18-28-23-13-11-20(12-14-23)19-7-2-1-3-8-19/h6,9-14,17,19H,1-5,7-8,15-16,18H2,(H,25,27). The highest BCUT2D eigenvalue weighted by molar-refractivity contribution is 5.92. The zero-order valence-corrected chi connectivity index (χ0v) is 16.5. The summed E-state index contributed by atoms with van der Waals surface area (Å²) in [6, 6.07) is 16.4. The number of hydrogen-bond acceptors (Lipinski definition) is 3. The topological polar surface area (TPSA) is 41.6 Å². The quantitative estimate of drug-likeness (QED) is 0.736. The number of carbonyl (C=O) groups excluding carboxylic acids is 1. The monoisotopic (exact) mass is 378 g/mol. The van der Waals surface area contributed by atoms with Crippen LogP contribution in [0.3, 0.4) is 0 Å². The highest BCUT2D eigenvalue weighted by atomic mass is 16.5. The first-order chi connectivity index (χ1) is 13.8. The minimum absolute atomic E-state index is 0.0245. The Bertz CT molecular complexity index is 775. The number of nitrogens with one attached hydrogen (secondary N) is 1. The second-order valence-corrected chi connectivity index (χ2v) is 7.99. The molecule has 2 aromatic carbocycles. The molecule has 1 aliphatic carbocycles. The Morgan fingerprint density at radius 1 is 0.964 bits per heavy atom. The molecule has 2 aromatic rings. The second kappa shape index (κ2) is 9.13. The molecule has 0 radical (unpaired) electrons.